The van der Waals surface area contributed by atoms with Crippen LogP contribution in [0.3, 0.4) is 0 Å². The topological polar surface area (TPSA) is 58.6 Å². The van der Waals surface area contributed by atoms with Crippen LogP contribution in [-0.2, 0) is 14.3 Å². The maximum absolute atomic E-state index is 12.3. The number of hydrogen-bond acceptors (Lipinski definition) is 4. The van der Waals surface area contributed by atoms with Crippen LogP contribution in [-0.4, -0.2) is 38.6 Å². The number of amides is 2. The van der Waals surface area contributed by atoms with Crippen LogP contribution in [0.25, 0.3) is 0 Å². The maximum Gasteiger partial charge on any atom is 0.265 e. The van der Waals surface area contributed by atoms with Crippen molar-refractivity contribution in [3.63, 3.8) is 0 Å². The van der Waals surface area contributed by atoms with E-state index in [1.165, 1.54) is 17.8 Å². The highest BCUT2D eigenvalue weighted by atomic mass is 32.2. The maximum atomic E-state index is 12.3. The van der Waals surface area contributed by atoms with Crippen molar-refractivity contribution in [2.24, 2.45) is 0 Å². The van der Waals surface area contributed by atoms with Crippen molar-refractivity contribution in [2.75, 3.05) is 25.7 Å². The summed E-state index contributed by atoms with van der Waals surface area (Å²) in [5, 5.41) is 2.76. The number of fused-ring (bicyclic) bond motifs is 1. The Balaban J connectivity index is 2.16. The van der Waals surface area contributed by atoms with Crippen molar-refractivity contribution in [3.8, 4) is 0 Å². The van der Waals surface area contributed by atoms with Crippen molar-refractivity contribution in [1.29, 1.82) is 0 Å². The molecule has 6 heteroatoms. The quantitative estimate of drug-likeness (QED) is 0.862. The molecule has 1 aliphatic heterocycles. The van der Waals surface area contributed by atoms with Crippen molar-refractivity contribution >= 4 is 29.3 Å². The zero-order chi connectivity index (χ0) is 15.4. The lowest BCUT2D eigenvalue weighted by Gasteiger charge is -2.26. The van der Waals surface area contributed by atoms with Gasteiger partial charge in [0.1, 0.15) is 0 Å². The molecule has 1 N–H and O–H groups in total. The molecule has 0 saturated carbocycles. The van der Waals surface area contributed by atoms with Crippen LogP contribution in [0.1, 0.15) is 6.92 Å². The van der Waals surface area contributed by atoms with Gasteiger partial charge in [0.15, 0.2) is 0 Å². The molecule has 21 heavy (non-hydrogen) atoms. The Kier molecular flexibility index (Phi) is 5.03. The van der Waals surface area contributed by atoms with Gasteiger partial charge in [-0.3, -0.25) is 9.59 Å². The van der Waals surface area contributed by atoms with Gasteiger partial charge in [0, 0.05) is 31.2 Å². The van der Waals surface area contributed by atoms with E-state index in [4.69, 9.17) is 4.74 Å². The molecule has 0 fully saturated rings. The van der Waals surface area contributed by atoms with Gasteiger partial charge >= 0.3 is 0 Å². The second-order valence-corrected chi connectivity index (χ2v) is 5.89. The number of carbonyl (C=O) groups excluding carboxylic acids is 2. The summed E-state index contributed by atoms with van der Waals surface area (Å²) >= 11 is 1.32. The minimum atomic E-state index is -0.289. The van der Waals surface area contributed by atoms with E-state index in [1.54, 1.807) is 19.1 Å². The molecule has 0 aliphatic carbocycles. The fourth-order valence-electron chi connectivity index (χ4n) is 2.04. The standard InChI is InChI=1S/C15H18N2O3S/c1-10(9-20-3)16-14(18)8-13-15(19)17(2)11-6-4-5-7-12(11)21-13/h4-8,10H,9H2,1-3H3,(H,16,18)/b13-8+/t10-/m0/s1. The molecule has 1 aromatic carbocycles. The number of nitrogens with one attached hydrogen (secondary N) is 1. The average Bonchev–Trinajstić information content (AvgIpc) is 2.44. The summed E-state index contributed by atoms with van der Waals surface area (Å²) in [6.45, 7) is 2.27. The first kappa shape index (κ1) is 15.6. The fraction of sp³-hybridized carbons (Fsp3) is 0.333. The summed E-state index contributed by atoms with van der Waals surface area (Å²) in [7, 11) is 3.29. The van der Waals surface area contributed by atoms with Crippen molar-refractivity contribution in [3.05, 3.63) is 35.2 Å². The number of benzene rings is 1. The number of thioether (sulfide) groups is 1. The van der Waals surface area contributed by atoms with Gasteiger partial charge in [0.25, 0.3) is 5.91 Å². The molecule has 2 amide bonds. The molecule has 5 nitrogen and oxygen atoms in total. The van der Waals surface area contributed by atoms with E-state index in [2.05, 4.69) is 5.32 Å². The van der Waals surface area contributed by atoms with E-state index in [0.717, 1.165) is 10.6 Å². The number of nitrogens with zero attached hydrogens (tertiary/aromatic N) is 1. The van der Waals surface area contributed by atoms with E-state index in [0.29, 0.717) is 11.5 Å². The van der Waals surface area contributed by atoms with Gasteiger partial charge < -0.3 is 15.0 Å². The highest BCUT2D eigenvalue weighted by molar-refractivity contribution is 8.04. The number of ether oxygens (including phenoxy) is 1. The Hall–Kier alpha value is -1.79. The number of anilines is 1. The third-order valence-corrected chi connectivity index (χ3v) is 4.11. The number of para-hydroxylation sites is 1. The predicted octanol–water partition coefficient (Wildman–Crippen LogP) is 1.79. The summed E-state index contributed by atoms with van der Waals surface area (Å²) in [6.07, 6.45) is 1.35. The first-order valence-corrected chi connectivity index (χ1v) is 7.40. The zero-order valence-corrected chi connectivity index (χ0v) is 13.1. The van der Waals surface area contributed by atoms with Gasteiger partial charge in [-0.15, -0.1) is 0 Å². The molecule has 1 heterocycles. The van der Waals surface area contributed by atoms with Crippen LogP contribution >= 0.6 is 11.8 Å². The Bertz CT molecular complexity index is 586. The van der Waals surface area contributed by atoms with Crippen LogP contribution < -0.4 is 10.2 Å². The number of carbonyl (C=O) groups is 2. The highest BCUT2D eigenvalue weighted by Gasteiger charge is 2.26. The monoisotopic (exact) mass is 306 g/mol. The smallest absolute Gasteiger partial charge is 0.265 e. The third-order valence-electron chi connectivity index (χ3n) is 3.03. The average molecular weight is 306 g/mol. The largest absolute Gasteiger partial charge is 0.383 e. The molecular weight excluding hydrogens is 288 g/mol. The van der Waals surface area contributed by atoms with Crippen molar-refractivity contribution in [2.45, 2.75) is 17.9 Å². The molecule has 0 aromatic heterocycles. The Morgan fingerprint density at radius 3 is 2.90 bits per heavy atom. The fourth-order valence-corrected chi connectivity index (χ4v) is 3.13. The minimum absolute atomic E-state index is 0.104. The SMILES string of the molecule is COC[C@H](C)NC(=O)/C=C1/Sc2ccccc2N(C)C1=O. The second kappa shape index (κ2) is 6.78. The predicted molar refractivity (Wildman–Crippen MR) is 83.3 cm³/mol. The molecule has 1 atom stereocenters. The van der Waals surface area contributed by atoms with Crippen LogP contribution in [0.2, 0.25) is 0 Å². The molecule has 0 spiro atoms. The van der Waals surface area contributed by atoms with E-state index in [9.17, 15) is 9.59 Å². The molecule has 1 aliphatic rings. The summed E-state index contributed by atoms with van der Waals surface area (Å²) in [6, 6.07) is 7.51. The molecule has 1 aromatic rings. The summed E-state index contributed by atoms with van der Waals surface area (Å²) in [5.74, 6) is -0.462. The number of likely N-dealkylation sites (N-methyl/N-ethyl adjacent to an activating group) is 1. The molecule has 0 radical (unpaired) electrons. The van der Waals surface area contributed by atoms with E-state index in [1.807, 2.05) is 31.2 Å². The molecule has 0 unspecified atom stereocenters. The van der Waals surface area contributed by atoms with Crippen LogP contribution in [0.4, 0.5) is 5.69 Å². The molecule has 2 rings (SSSR count). The van der Waals surface area contributed by atoms with Crippen LogP contribution in [0.15, 0.2) is 40.1 Å². The third kappa shape index (κ3) is 3.65. The lowest BCUT2D eigenvalue weighted by molar-refractivity contribution is -0.118. The zero-order valence-electron chi connectivity index (χ0n) is 12.3. The lowest BCUT2D eigenvalue weighted by Crippen LogP contribution is -2.36. The number of rotatable bonds is 4. The van der Waals surface area contributed by atoms with E-state index >= 15 is 0 Å². The second-order valence-electron chi connectivity index (χ2n) is 4.81. The summed E-state index contributed by atoms with van der Waals surface area (Å²) in [5.41, 5.74) is 0.859. The Morgan fingerprint density at radius 2 is 2.19 bits per heavy atom. The van der Waals surface area contributed by atoms with Crippen LogP contribution in [0.5, 0.6) is 0 Å². The Labute approximate surface area is 128 Å². The first-order valence-electron chi connectivity index (χ1n) is 6.59. The minimum Gasteiger partial charge on any atom is -0.383 e. The highest BCUT2D eigenvalue weighted by Crippen LogP contribution is 2.40. The van der Waals surface area contributed by atoms with Gasteiger partial charge in [-0.1, -0.05) is 23.9 Å². The molecular formula is C15H18N2O3S. The molecule has 112 valence electrons. The Morgan fingerprint density at radius 1 is 1.48 bits per heavy atom. The summed E-state index contributed by atoms with van der Waals surface area (Å²) < 4.78 is 4.96. The van der Waals surface area contributed by atoms with Gasteiger partial charge in [-0.05, 0) is 19.1 Å². The summed E-state index contributed by atoms with van der Waals surface area (Å²) in [4.78, 5) is 27.1. The number of hydrogen-bond donors (Lipinski definition) is 1. The van der Waals surface area contributed by atoms with Gasteiger partial charge in [0.2, 0.25) is 5.91 Å². The molecule has 0 bridgehead atoms. The van der Waals surface area contributed by atoms with Gasteiger partial charge in [-0.2, -0.15) is 0 Å². The van der Waals surface area contributed by atoms with Crippen molar-refractivity contribution in [1.82, 2.24) is 5.32 Å². The van der Waals surface area contributed by atoms with Gasteiger partial charge in [-0.25, -0.2) is 0 Å². The van der Waals surface area contributed by atoms with Crippen molar-refractivity contribution < 1.29 is 14.3 Å². The van der Waals surface area contributed by atoms with Gasteiger partial charge in [0.05, 0.1) is 17.2 Å². The normalized spacial score (nSPS) is 17.6. The van der Waals surface area contributed by atoms with Crippen LogP contribution in [0, 0.1) is 0 Å². The lowest BCUT2D eigenvalue weighted by atomic mass is 10.2. The molecule has 0 saturated heterocycles. The van der Waals surface area contributed by atoms with E-state index < -0.39 is 0 Å². The number of methoxy groups -OCH3 is 1. The van der Waals surface area contributed by atoms with E-state index in [-0.39, 0.29) is 17.9 Å². The first-order chi connectivity index (χ1) is 10.0.